The molecular formula is C16H18FN5S2. The molecule has 24 heavy (non-hydrogen) atoms. The minimum Gasteiger partial charge on any atom is -0.313 e. The van der Waals surface area contributed by atoms with Gasteiger partial charge >= 0.3 is 0 Å². The van der Waals surface area contributed by atoms with Crippen LogP contribution < -0.4 is 5.32 Å². The van der Waals surface area contributed by atoms with Crippen LogP contribution in [0.1, 0.15) is 17.0 Å². The maximum Gasteiger partial charge on any atom is 0.174 e. The molecule has 0 unspecified atom stereocenters. The van der Waals surface area contributed by atoms with Crippen LogP contribution in [0.4, 0.5) is 4.39 Å². The van der Waals surface area contributed by atoms with Gasteiger partial charge in [-0.1, -0.05) is 23.1 Å². The van der Waals surface area contributed by atoms with Gasteiger partial charge in [0.25, 0.3) is 0 Å². The van der Waals surface area contributed by atoms with Crippen molar-refractivity contribution in [2.45, 2.75) is 24.2 Å². The van der Waals surface area contributed by atoms with Crippen LogP contribution in [0.3, 0.4) is 0 Å². The summed E-state index contributed by atoms with van der Waals surface area (Å²) >= 11 is 3.37. The minimum absolute atomic E-state index is 0.235. The number of aromatic amines is 1. The molecule has 0 atom stereocenters. The predicted octanol–water partition coefficient (Wildman–Crippen LogP) is 3.65. The smallest absolute Gasteiger partial charge is 0.174 e. The molecule has 0 fully saturated rings. The van der Waals surface area contributed by atoms with Crippen LogP contribution >= 0.6 is 23.1 Å². The highest BCUT2D eigenvalue weighted by Crippen LogP contribution is 2.23. The summed E-state index contributed by atoms with van der Waals surface area (Å²) in [5.41, 5.74) is 2.95. The summed E-state index contributed by atoms with van der Waals surface area (Å²) < 4.78 is 14.1. The second-order valence-electron chi connectivity index (χ2n) is 5.24. The largest absolute Gasteiger partial charge is 0.313 e. The van der Waals surface area contributed by atoms with E-state index in [4.69, 9.17) is 0 Å². The summed E-state index contributed by atoms with van der Waals surface area (Å²) in [6.45, 7) is 3.61. The average molecular weight is 363 g/mol. The van der Waals surface area contributed by atoms with Crippen LogP contribution in [0.15, 0.2) is 34.8 Å². The Labute approximate surface area is 148 Å². The van der Waals surface area contributed by atoms with Gasteiger partial charge in [-0.05, 0) is 44.2 Å². The van der Waals surface area contributed by atoms with Gasteiger partial charge < -0.3 is 5.32 Å². The monoisotopic (exact) mass is 363 g/mol. The normalized spacial score (nSPS) is 11.1. The standard InChI is InChI=1S/C16H18FN5S2/c1-11-20-22-16(24-11)23-8-2-7-18-9-13-10-19-21-15(13)12-3-5-14(17)6-4-12/h3-6,10,18H,2,7-9H2,1H3,(H,19,21). The molecule has 0 saturated heterocycles. The third kappa shape index (κ3) is 4.62. The van der Waals surface area contributed by atoms with E-state index in [0.29, 0.717) is 0 Å². The van der Waals surface area contributed by atoms with E-state index in [2.05, 4.69) is 25.7 Å². The van der Waals surface area contributed by atoms with Gasteiger partial charge in [-0.25, -0.2) is 4.39 Å². The minimum atomic E-state index is -0.235. The van der Waals surface area contributed by atoms with Crippen LogP contribution in [-0.2, 0) is 6.54 Å². The van der Waals surface area contributed by atoms with Gasteiger partial charge in [0.1, 0.15) is 10.8 Å². The van der Waals surface area contributed by atoms with E-state index in [0.717, 1.165) is 51.4 Å². The van der Waals surface area contributed by atoms with Crippen LogP contribution in [0.5, 0.6) is 0 Å². The third-order valence-corrected chi connectivity index (χ3v) is 5.46. The number of hydrogen-bond acceptors (Lipinski definition) is 6. The first kappa shape index (κ1) is 17.1. The number of nitrogens with one attached hydrogen (secondary N) is 2. The maximum atomic E-state index is 13.0. The molecular weight excluding hydrogens is 345 g/mol. The summed E-state index contributed by atoms with van der Waals surface area (Å²) in [6, 6.07) is 6.43. The first-order valence-electron chi connectivity index (χ1n) is 7.64. The van der Waals surface area contributed by atoms with Crippen LogP contribution in [-0.4, -0.2) is 32.7 Å². The number of nitrogens with zero attached hydrogens (tertiary/aromatic N) is 3. The molecule has 0 aliphatic heterocycles. The number of hydrogen-bond donors (Lipinski definition) is 2. The Bertz CT molecular complexity index is 769. The van der Waals surface area contributed by atoms with Gasteiger partial charge in [0.15, 0.2) is 4.34 Å². The van der Waals surface area contributed by atoms with E-state index < -0.39 is 0 Å². The van der Waals surface area contributed by atoms with E-state index in [1.165, 1.54) is 12.1 Å². The molecule has 0 radical (unpaired) electrons. The summed E-state index contributed by atoms with van der Waals surface area (Å²) in [5, 5.41) is 19.6. The number of aromatic nitrogens is 4. The van der Waals surface area contributed by atoms with Crippen LogP contribution in [0, 0.1) is 12.7 Å². The molecule has 0 spiro atoms. The number of benzene rings is 1. The van der Waals surface area contributed by atoms with Crippen molar-refractivity contribution in [1.29, 1.82) is 0 Å². The Kier molecular flexibility index (Phi) is 5.95. The van der Waals surface area contributed by atoms with Crippen molar-refractivity contribution in [3.8, 4) is 11.3 Å². The Balaban J connectivity index is 1.42. The molecule has 0 saturated carbocycles. The molecule has 2 N–H and O–H groups in total. The first-order valence-corrected chi connectivity index (χ1v) is 9.44. The van der Waals surface area contributed by atoms with Crippen LogP contribution in [0.25, 0.3) is 11.3 Å². The molecule has 8 heteroatoms. The fourth-order valence-electron chi connectivity index (χ4n) is 2.23. The van der Waals surface area contributed by atoms with Crippen molar-refractivity contribution >= 4 is 23.1 Å². The molecule has 126 valence electrons. The summed E-state index contributed by atoms with van der Waals surface area (Å²) in [4.78, 5) is 0. The third-order valence-electron chi connectivity index (χ3n) is 3.40. The quantitative estimate of drug-likeness (QED) is 0.472. The lowest BCUT2D eigenvalue weighted by atomic mass is 10.1. The van der Waals surface area contributed by atoms with Crippen molar-refractivity contribution in [2.24, 2.45) is 0 Å². The zero-order chi connectivity index (χ0) is 16.8. The van der Waals surface area contributed by atoms with Gasteiger partial charge in [0.05, 0.1) is 11.9 Å². The lowest BCUT2D eigenvalue weighted by molar-refractivity contribution is 0.628. The first-order chi connectivity index (χ1) is 11.7. The molecule has 3 aromatic rings. The zero-order valence-electron chi connectivity index (χ0n) is 13.3. The molecule has 0 aliphatic carbocycles. The van der Waals surface area contributed by atoms with E-state index in [9.17, 15) is 4.39 Å². The second-order valence-corrected chi connectivity index (χ2v) is 7.77. The van der Waals surface area contributed by atoms with Crippen molar-refractivity contribution in [3.05, 3.63) is 46.9 Å². The average Bonchev–Trinajstić information content (AvgIpc) is 3.20. The zero-order valence-corrected chi connectivity index (χ0v) is 14.9. The predicted molar refractivity (Wildman–Crippen MR) is 95.7 cm³/mol. The van der Waals surface area contributed by atoms with Crippen molar-refractivity contribution in [3.63, 3.8) is 0 Å². The maximum absolute atomic E-state index is 13.0. The summed E-state index contributed by atoms with van der Waals surface area (Å²) in [6.07, 6.45) is 2.86. The molecule has 2 aromatic heterocycles. The fraction of sp³-hybridized carbons (Fsp3) is 0.312. The van der Waals surface area contributed by atoms with Crippen molar-refractivity contribution in [1.82, 2.24) is 25.7 Å². The van der Waals surface area contributed by atoms with Gasteiger partial charge in [-0.2, -0.15) is 5.10 Å². The topological polar surface area (TPSA) is 66.5 Å². The van der Waals surface area contributed by atoms with Gasteiger partial charge in [0.2, 0.25) is 0 Å². The van der Waals surface area contributed by atoms with Crippen LogP contribution in [0.2, 0.25) is 0 Å². The Hall–Kier alpha value is -1.77. The summed E-state index contributed by atoms with van der Waals surface area (Å²) in [5.74, 6) is 0.777. The van der Waals surface area contributed by atoms with E-state index >= 15 is 0 Å². The fourth-order valence-corrected chi connectivity index (χ4v) is 4.05. The van der Waals surface area contributed by atoms with E-state index in [1.54, 1.807) is 35.2 Å². The highest BCUT2D eigenvalue weighted by atomic mass is 32.2. The highest BCUT2D eigenvalue weighted by molar-refractivity contribution is 8.01. The van der Waals surface area contributed by atoms with E-state index in [-0.39, 0.29) is 5.82 Å². The molecule has 0 bridgehead atoms. The van der Waals surface area contributed by atoms with Crippen molar-refractivity contribution < 1.29 is 4.39 Å². The number of H-pyrrole nitrogens is 1. The molecule has 1 aromatic carbocycles. The molecule has 0 amide bonds. The lowest BCUT2D eigenvalue weighted by Crippen LogP contribution is -2.15. The van der Waals surface area contributed by atoms with Gasteiger partial charge in [-0.3, -0.25) is 5.10 Å². The number of halogens is 1. The Morgan fingerprint density at radius 3 is 2.83 bits per heavy atom. The number of aryl methyl sites for hydroxylation is 1. The number of thioether (sulfide) groups is 1. The number of rotatable bonds is 8. The molecule has 0 aliphatic rings. The summed E-state index contributed by atoms with van der Waals surface area (Å²) in [7, 11) is 0. The SMILES string of the molecule is Cc1nnc(SCCCNCc2cn[nH]c2-c2ccc(F)cc2)s1. The Morgan fingerprint density at radius 1 is 1.25 bits per heavy atom. The van der Waals surface area contributed by atoms with Gasteiger partial charge in [0, 0.05) is 23.4 Å². The molecule has 2 heterocycles. The molecule has 5 nitrogen and oxygen atoms in total. The Morgan fingerprint density at radius 2 is 2.08 bits per heavy atom. The van der Waals surface area contributed by atoms with E-state index in [1.807, 2.05) is 13.1 Å². The van der Waals surface area contributed by atoms with Crippen molar-refractivity contribution in [2.75, 3.05) is 12.3 Å². The van der Waals surface area contributed by atoms with Gasteiger partial charge in [-0.15, -0.1) is 10.2 Å². The highest BCUT2D eigenvalue weighted by Gasteiger charge is 2.07. The second kappa shape index (κ2) is 8.36. The molecule has 3 rings (SSSR count). The lowest BCUT2D eigenvalue weighted by Gasteiger charge is -2.05.